The first kappa shape index (κ1) is 91.3. The molecule has 116 heavy (non-hydrogen) atoms. The van der Waals surface area contributed by atoms with Crippen molar-refractivity contribution in [2.75, 3.05) is 91.6 Å². The van der Waals surface area contributed by atoms with Gasteiger partial charge >= 0.3 is 5.97 Å². The highest BCUT2D eigenvalue weighted by Crippen LogP contribution is 2.39. The molecule has 7 heterocycles. The molecule has 33 nitrogen and oxygen atoms in total. The monoisotopic (exact) mass is 1620 g/mol. The van der Waals surface area contributed by atoms with Crippen LogP contribution in [0.25, 0.3) is 33.4 Å². The highest BCUT2D eigenvalue weighted by Gasteiger charge is 2.53. The van der Waals surface area contributed by atoms with Gasteiger partial charge in [0, 0.05) is 108 Å². The van der Waals surface area contributed by atoms with Gasteiger partial charge in [-0.25, -0.2) is 24.1 Å². The van der Waals surface area contributed by atoms with Crippen molar-refractivity contribution in [2.24, 2.45) is 35.3 Å². The molecule has 1 aliphatic carbocycles. The SMILES string of the molecule is CO[C@H]1C[C@@H]2CC[C@@H](C)[C@@](O)(O2)C(=O)C(=O)N2CCCC[C@H]2C(=O)O[C@H]([C@H](N)C[C@@H]2CC[C@@H](OCCCCc3cn(CCOCCOCCOCCNC(=O)CCC(=O)NCCCCn4nc(-c5ccc6oc(N)nc6c5)c5c(N)ncnc54)nn3)[C@H](OC)C2)CC(=O)[C@H](C)/C=C(\C)[C@@H](O)[C@@H](O)C(=O)[C@H](C)C[C@H](C)/C=C/C=C/C=C/1C. The summed E-state index contributed by atoms with van der Waals surface area (Å²) >= 11 is 0. The average molecular weight is 1620 g/mol. The Kier molecular flexibility index (Phi) is 35.7. The van der Waals surface area contributed by atoms with Crippen LogP contribution in [0.4, 0.5) is 11.8 Å². The number of piperidine rings is 1. The Balaban J connectivity index is 0.651. The van der Waals surface area contributed by atoms with Crippen molar-refractivity contribution in [2.45, 2.75) is 237 Å². The lowest BCUT2D eigenvalue weighted by molar-refractivity contribution is -0.265. The number of unbranched alkanes of at least 4 members (excludes halogenated alkanes) is 2. The lowest BCUT2D eigenvalue weighted by Crippen LogP contribution is -2.61. The quantitative estimate of drug-likeness (QED) is 0.00983. The second-order valence-electron chi connectivity index (χ2n) is 31.3. The molecule has 3 amide bonds. The fourth-order valence-electron chi connectivity index (χ4n) is 15.5. The number of oxazole rings is 1. The number of aliphatic hydroxyl groups is 3. The summed E-state index contributed by atoms with van der Waals surface area (Å²) in [5, 5.41) is 54.3. The first-order valence-corrected chi connectivity index (χ1v) is 41.1. The van der Waals surface area contributed by atoms with E-state index in [9.17, 15) is 48.9 Å². The molecule has 11 N–H and O–H groups in total. The summed E-state index contributed by atoms with van der Waals surface area (Å²) in [6, 6.07) is 3.37. The number of aliphatic hydroxyl groups excluding tert-OH is 2. The molecule has 9 rings (SSSR count). The zero-order chi connectivity index (χ0) is 83.4. The lowest BCUT2D eigenvalue weighted by atomic mass is 9.80. The van der Waals surface area contributed by atoms with Crippen LogP contribution in [0.2, 0.25) is 0 Å². The van der Waals surface area contributed by atoms with Gasteiger partial charge in [0.15, 0.2) is 17.0 Å². The highest BCUT2D eigenvalue weighted by molar-refractivity contribution is 6.39. The topological polar surface area (TPSA) is 460 Å². The Labute approximate surface area is 677 Å². The van der Waals surface area contributed by atoms with Gasteiger partial charge in [-0.15, -0.1) is 5.10 Å². The van der Waals surface area contributed by atoms with E-state index in [4.69, 9.17) is 64.6 Å². The smallest absolute Gasteiger partial charge is 0.329 e. The van der Waals surface area contributed by atoms with Crippen LogP contribution in [0.15, 0.2) is 82.7 Å². The number of anilines is 2. The summed E-state index contributed by atoms with van der Waals surface area (Å²) in [6.07, 6.45) is 16.2. The average Bonchev–Trinajstić information content (AvgIpc) is 1.47. The van der Waals surface area contributed by atoms with Gasteiger partial charge in [0.1, 0.15) is 53.5 Å². The maximum Gasteiger partial charge on any atom is 0.329 e. The summed E-state index contributed by atoms with van der Waals surface area (Å²) < 4.78 is 56.7. The zero-order valence-corrected chi connectivity index (χ0v) is 68.5. The van der Waals surface area contributed by atoms with E-state index in [1.165, 1.54) is 19.3 Å². The number of cyclic esters (lactones) is 1. The van der Waals surface area contributed by atoms with Crippen LogP contribution in [0.3, 0.4) is 0 Å². The number of aromatic nitrogens is 8. The Morgan fingerprint density at radius 2 is 1.53 bits per heavy atom. The number of carbonyl (C=O) groups is 7. The third-order valence-electron chi connectivity index (χ3n) is 22.4. The number of amides is 3. The van der Waals surface area contributed by atoms with E-state index >= 15 is 0 Å². The third kappa shape index (κ3) is 26.2. The number of aryl methyl sites for hydroxylation is 2. The van der Waals surface area contributed by atoms with E-state index in [-0.39, 0.29) is 92.7 Å². The number of ketones is 3. The predicted molar refractivity (Wildman–Crippen MR) is 430 cm³/mol. The van der Waals surface area contributed by atoms with Crippen molar-refractivity contribution in [3.63, 3.8) is 0 Å². The van der Waals surface area contributed by atoms with Crippen LogP contribution in [0.5, 0.6) is 0 Å². The van der Waals surface area contributed by atoms with E-state index in [0.717, 1.165) is 34.6 Å². The van der Waals surface area contributed by atoms with E-state index in [0.29, 0.717) is 177 Å². The summed E-state index contributed by atoms with van der Waals surface area (Å²) in [5.41, 5.74) is 24.1. The number of Topliss-reactive ketones (excluding diaryl/α,β-unsaturated/α-hetero) is 3. The number of nitrogens with one attached hydrogen (secondary N) is 2. The van der Waals surface area contributed by atoms with E-state index in [1.54, 1.807) is 50.4 Å². The van der Waals surface area contributed by atoms with Crippen molar-refractivity contribution in [3.8, 4) is 11.3 Å². The van der Waals surface area contributed by atoms with Gasteiger partial charge in [0.05, 0.1) is 81.7 Å². The maximum atomic E-state index is 14.7. The van der Waals surface area contributed by atoms with Crippen LogP contribution >= 0.6 is 0 Å². The number of methoxy groups -OCH3 is 2. The van der Waals surface area contributed by atoms with Gasteiger partial charge in [0.2, 0.25) is 17.6 Å². The first-order chi connectivity index (χ1) is 55.7. The zero-order valence-electron chi connectivity index (χ0n) is 68.5. The molecule has 1 saturated carbocycles. The largest absolute Gasteiger partial charge is 0.459 e. The number of ether oxygens (including phenoxy) is 8. The molecular weight excluding hydrogens is 1500 g/mol. The summed E-state index contributed by atoms with van der Waals surface area (Å²) in [4.78, 5) is 110. The van der Waals surface area contributed by atoms with Crippen molar-refractivity contribution in [3.05, 3.63) is 84.0 Å². The number of allylic oxidation sites excluding steroid dienone is 6. The fourth-order valence-corrected chi connectivity index (χ4v) is 15.5. The van der Waals surface area contributed by atoms with Gasteiger partial charge in [-0.05, 0) is 151 Å². The maximum absolute atomic E-state index is 14.7. The molecule has 1 aromatic carbocycles. The number of rotatable bonds is 32. The Hall–Kier alpha value is -8.61. The van der Waals surface area contributed by atoms with Crippen LogP contribution in [-0.4, -0.2) is 242 Å². The molecule has 15 atom stereocenters. The summed E-state index contributed by atoms with van der Waals surface area (Å²) in [7, 11) is 3.19. The van der Waals surface area contributed by atoms with Crippen LogP contribution in [-0.2, 0) is 91.0 Å². The second-order valence-corrected chi connectivity index (χ2v) is 31.3. The standard InChI is InChI=1S/C83H122N14O19/c1-51-18-10-9-11-19-52(2)67(108-7)47-60-25-22-56(6)83(107,116-60)77(104)80(105)96-32-15-12-21-63(96)81(106)114-68(48-64(98)53(3)43-55(5)75(102)76(103)74(101)54(4)42-51)61(84)44-57-23-26-66(69(45-57)109-8)113-35-17-13-20-59-49-95(94-92-59)34-37-111-39-41-112-40-38-110-36-31-88-71(100)29-28-70(99)87-30-14-16-33-97-79-72(78(85)89-50-90-79)73(93-97)58-24-27-65-62(46-58)91-82(86)115-65/h9-11,18-19,24,27,43,46,49-51,53-54,56-57,60-61,63,66-69,75-76,102-103,107H,12-17,20-23,25-26,28-42,44-45,47-48,84H2,1-8H3,(H2,86,91)(H,87,99)(H,88,100)(H2,85,89,90)/b11-9+,18-10+,52-19+,55-43+/t51-,53-,54-,56-,57+,60+,61-,63+,66-,67+,68+,69-,75-,76+,83-/m1/s1. The van der Waals surface area contributed by atoms with Gasteiger partial charge < -0.3 is 90.4 Å². The molecule has 33 heteroatoms. The molecule has 3 fully saturated rings. The van der Waals surface area contributed by atoms with Gasteiger partial charge in [-0.1, -0.05) is 69.4 Å². The molecule has 2 bridgehead atoms. The Bertz CT molecular complexity index is 4180. The number of carbonyl (C=O) groups excluding carboxylic acids is 7. The molecule has 4 aliphatic rings. The van der Waals surface area contributed by atoms with E-state index in [1.807, 2.05) is 62.6 Å². The Morgan fingerprint density at radius 1 is 0.776 bits per heavy atom. The molecule has 2 saturated heterocycles. The molecule has 0 unspecified atom stereocenters. The van der Waals surface area contributed by atoms with Crippen molar-refractivity contribution in [1.82, 2.24) is 55.3 Å². The highest BCUT2D eigenvalue weighted by atomic mass is 16.6. The van der Waals surface area contributed by atoms with E-state index in [2.05, 4.69) is 35.9 Å². The van der Waals surface area contributed by atoms with Gasteiger partial charge in [-0.3, -0.25) is 28.8 Å². The molecule has 5 aromatic rings. The number of nitrogens with zero attached hydrogens (tertiary/aromatic N) is 9. The third-order valence-corrected chi connectivity index (χ3v) is 22.4. The van der Waals surface area contributed by atoms with Gasteiger partial charge in [0.25, 0.3) is 17.7 Å². The minimum absolute atomic E-state index is 0.0223. The minimum Gasteiger partial charge on any atom is -0.459 e. The van der Waals surface area contributed by atoms with Crippen LogP contribution < -0.4 is 27.8 Å². The number of nitrogens with two attached hydrogens (primary N) is 3. The molecular formula is C83H122N14O19. The number of hydrogen-bond acceptors (Lipinski definition) is 28. The molecule has 4 aromatic heterocycles. The number of esters is 1. The first-order valence-electron chi connectivity index (χ1n) is 41.1. The summed E-state index contributed by atoms with van der Waals surface area (Å²) in [5.74, 6) is -9.10. The predicted octanol–water partition coefficient (Wildman–Crippen LogP) is 6.51. The second kappa shape index (κ2) is 45.4. The van der Waals surface area contributed by atoms with E-state index < -0.39 is 95.4 Å². The lowest BCUT2D eigenvalue weighted by Gasteiger charge is -2.42. The normalized spacial score (nSPS) is 27.8. The van der Waals surface area contributed by atoms with Crippen molar-refractivity contribution < 1.29 is 91.2 Å². The molecule has 0 radical (unpaired) electrons. The molecule has 638 valence electrons. The minimum atomic E-state index is -2.49. The summed E-state index contributed by atoms with van der Waals surface area (Å²) in [6.45, 7) is 14.7. The van der Waals surface area contributed by atoms with Crippen molar-refractivity contribution in [1.29, 1.82) is 0 Å². The number of nitrogen functional groups attached to an aromatic ring is 2. The fraction of sp³-hybridized carbons (Fsp3) is 0.651. The van der Waals surface area contributed by atoms with Crippen molar-refractivity contribution >= 4 is 75.0 Å². The number of hydrogen-bond donors (Lipinski definition) is 8. The van der Waals surface area contributed by atoms with Crippen LogP contribution in [0.1, 0.15) is 163 Å². The molecule has 3 aliphatic heterocycles. The van der Waals surface area contributed by atoms with Gasteiger partial charge in [-0.2, -0.15) is 10.1 Å². The number of benzene rings is 1. The molecule has 0 spiro atoms. The number of fused-ring (bicyclic) bond motifs is 5. The van der Waals surface area contributed by atoms with Crippen LogP contribution in [0, 0.1) is 29.6 Å². The Morgan fingerprint density at radius 3 is 2.28 bits per heavy atom.